The SMILES string of the molecule is CCCNC(=O)C(C)OC(=O)c1ccc(OCC(=O)N2CCCCC2)c(OCC)c1. The minimum absolute atomic E-state index is 0.0625. The smallest absolute Gasteiger partial charge is 0.339 e. The number of nitrogens with one attached hydrogen (secondary N) is 1. The Morgan fingerprint density at radius 3 is 2.47 bits per heavy atom. The number of piperidine rings is 1. The van der Waals surface area contributed by atoms with Crippen molar-refractivity contribution in [3.63, 3.8) is 0 Å². The Kier molecular flexibility index (Phi) is 9.44. The Morgan fingerprint density at radius 1 is 1.07 bits per heavy atom. The highest BCUT2D eigenvalue weighted by molar-refractivity contribution is 5.92. The first-order valence-corrected chi connectivity index (χ1v) is 10.6. The zero-order valence-corrected chi connectivity index (χ0v) is 18.1. The monoisotopic (exact) mass is 420 g/mol. The third kappa shape index (κ3) is 6.93. The average Bonchev–Trinajstić information content (AvgIpc) is 2.76. The maximum absolute atomic E-state index is 12.4. The number of rotatable bonds is 10. The van der Waals surface area contributed by atoms with Crippen molar-refractivity contribution in [2.45, 2.75) is 52.6 Å². The standard InChI is InChI=1S/C22H32N2O6/c1-4-11-23-21(26)16(3)30-22(27)17-9-10-18(19(14-17)28-5-2)29-15-20(25)24-12-7-6-8-13-24/h9-10,14,16H,4-8,11-13,15H2,1-3H3,(H,23,26). The van der Waals surface area contributed by atoms with E-state index in [4.69, 9.17) is 14.2 Å². The zero-order chi connectivity index (χ0) is 21.9. The van der Waals surface area contributed by atoms with E-state index in [9.17, 15) is 14.4 Å². The first-order chi connectivity index (χ1) is 14.5. The van der Waals surface area contributed by atoms with Crippen LogP contribution in [-0.4, -0.2) is 61.6 Å². The van der Waals surface area contributed by atoms with Gasteiger partial charge in [-0.25, -0.2) is 4.79 Å². The molecule has 1 fully saturated rings. The number of ether oxygens (including phenoxy) is 3. The molecule has 0 spiro atoms. The topological polar surface area (TPSA) is 94.2 Å². The molecule has 1 aromatic carbocycles. The maximum atomic E-state index is 12.4. The fraction of sp³-hybridized carbons (Fsp3) is 0.591. The number of esters is 1. The van der Waals surface area contributed by atoms with Gasteiger partial charge in [0.25, 0.3) is 11.8 Å². The van der Waals surface area contributed by atoms with E-state index in [0.29, 0.717) is 24.7 Å². The van der Waals surface area contributed by atoms with E-state index in [1.165, 1.54) is 19.1 Å². The predicted octanol–water partition coefficient (Wildman–Crippen LogP) is 2.55. The molecule has 8 nitrogen and oxygen atoms in total. The Morgan fingerprint density at radius 2 is 1.80 bits per heavy atom. The fourth-order valence-electron chi connectivity index (χ4n) is 3.07. The molecule has 0 radical (unpaired) electrons. The highest BCUT2D eigenvalue weighted by atomic mass is 16.5. The fourth-order valence-corrected chi connectivity index (χ4v) is 3.07. The van der Waals surface area contributed by atoms with Crippen LogP contribution in [0.5, 0.6) is 11.5 Å². The minimum Gasteiger partial charge on any atom is -0.490 e. The summed E-state index contributed by atoms with van der Waals surface area (Å²) in [4.78, 5) is 38.4. The molecule has 1 N–H and O–H groups in total. The number of amides is 2. The van der Waals surface area contributed by atoms with Gasteiger partial charge >= 0.3 is 5.97 Å². The highest BCUT2D eigenvalue weighted by Gasteiger charge is 2.21. The maximum Gasteiger partial charge on any atom is 0.339 e. The van der Waals surface area contributed by atoms with Gasteiger partial charge in [-0.1, -0.05) is 6.92 Å². The molecule has 1 heterocycles. The summed E-state index contributed by atoms with van der Waals surface area (Å²) >= 11 is 0. The molecule has 1 aliphatic rings. The van der Waals surface area contributed by atoms with Crippen LogP contribution in [0.3, 0.4) is 0 Å². The largest absolute Gasteiger partial charge is 0.490 e. The summed E-state index contributed by atoms with van der Waals surface area (Å²) in [6.07, 6.45) is 3.07. The van der Waals surface area contributed by atoms with Crippen LogP contribution in [0, 0.1) is 0 Å². The van der Waals surface area contributed by atoms with Gasteiger partial charge in [-0.2, -0.15) is 0 Å². The van der Waals surface area contributed by atoms with Gasteiger partial charge in [0.2, 0.25) is 0 Å². The van der Waals surface area contributed by atoms with E-state index in [0.717, 1.165) is 38.8 Å². The molecule has 2 amide bonds. The van der Waals surface area contributed by atoms with Gasteiger partial charge in [-0.05, 0) is 57.7 Å². The molecule has 2 rings (SSSR count). The molecule has 0 aliphatic carbocycles. The number of hydrogen-bond donors (Lipinski definition) is 1. The van der Waals surface area contributed by atoms with Crippen LogP contribution >= 0.6 is 0 Å². The minimum atomic E-state index is -0.905. The Hall–Kier alpha value is -2.77. The predicted molar refractivity (Wildman–Crippen MR) is 112 cm³/mol. The van der Waals surface area contributed by atoms with Crippen molar-refractivity contribution in [1.29, 1.82) is 0 Å². The van der Waals surface area contributed by atoms with Crippen LogP contribution in [0.25, 0.3) is 0 Å². The van der Waals surface area contributed by atoms with Crippen LogP contribution < -0.4 is 14.8 Å². The van der Waals surface area contributed by atoms with Crippen molar-refractivity contribution in [3.05, 3.63) is 23.8 Å². The lowest BCUT2D eigenvalue weighted by Gasteiger charge is -2.26. The van der Waals surface area contributed by atoms with Crippen molar-refractivity contribution in [3.8, 4) is 11.5 Å². The van der Waals surface area contributed by atoms with Crippen molar-refractivity contribution in [1.82, 2.24) is 10.2 Å². The lowest BCUT2D eigenvalue weighted by molar-refractivity contribution is -0.134. The summed E-state index contributed by atoms with van der Waals surface area (Å²) in [5.74, 6) is -0.306. The van der Waals surface area contributed by atoms with Gasteiger partial charge in [0.15, 0.2) is 24.2 Å². The zero-order valence-electron chi connectivity index (χ0n) is 18.1. The molecule has 8 heteroatoms. The normalized spacial score (nSPS) is 14.6. The molecular formula is C22H32N2O6. The number of carbonyl (C=O) groups is 3. The van der Waals surface area contributed by atoms with Crippen LogP contribution in [0.15, 0.2) is 18.2 Å². The molecular weight excluding hydrogens is 388 g/mol. The third-order valence-electron chi connectivity index (χ3n) is 4.74. The van der Waals surface area contributed by atoms with Crippen LogP contribution in [0.2, 0.25) is 0 Å². The van der Waals surface area contributed by atoms with Crippen LogP contribution in [0.4, 0.5) is 0 Å². The van der Waals surface area contributed by atoms with E-state index in [2.05, 4.69) is 5.32 Å². The number of benzene rings is 1. The van der Waals surface area contributed by atoms with E-state index >= 15 is 0 Å². The van der Waals surface area contributed by atoms with Gasteiger partial charge < -0.3 is 24.4 Å². The summed E-state index contributed by atoms with van der Waals surface area (Å²) in [7, 11) is 0. The lowest BCUT2D eigenvalue weighted by Crippen LogP contribution is -2.38. The average molecular weight is 421 g/mol. The molecule has 1 saturated heterocycles. The number of nitrogens with zero attached hydrogens (tertiary/aromatic N) is 1. The Bertz CT molecular complexity index is 730. The molecule has 1 atom stereocenters. The Labute approximate surface area is 177 Å². The second kappa shape index (κ2) is 12.0. The first-order valence-electron chi connectivity index (χ1n) is 10.6. The van der Waals surface area contributed by atoms with Gasteiger partial charge in [0.1, 0.15) is 0 Å². The molecule has 0 saturated carbocycles. The number of likely N-dealkylation sites (tertiary alicyclic amines) is 1. The van der Waals surface area contributed by atoms with Crippen LogP contribution in [-0.2, 0) is 14.3 Å². The number of carbonyl (C=O) groups excluding carboxylic acids is 3. The quantitative estimate of drug-likeness (QED) is 0.585. The van der Waals surface area contributed by atoms with Crippen molar-refractivity contribution >= 4 is 17.8 Å². The molecule has 1 aliphatic heterocycles. The molecule has 0 aromatic heterocycles. The Balaban J connectivity index is 2.00. The van der Waals surface area contributed by atoms with E-state index in [1.54, 1.807) is 11.0 Å². The van der Waals surface area contributed by atoms with E-state index < -0.39 is 12.1 Å². The van der Waals surface area contributed by atoms with E-state index in [-0.39, 0.29) is 24.0 Å². The van der Waals surface area contributed by atoms with E-state index in [1.807, 2.05) is 13.8 Å². The summed E-state index contributed by atoms with van der Waals surface area (Å²) in [6, 6.07) is 4.61. The van der Waals surface area contributed by atoms with Crippen molar-refractivity contribution < 1.29 is 28.6 Å². The van der Waals surface area contributed by atoms with Gasteiger partial charge in [0.05, 0.1) is 12.2 Å². The van der Waals surface area contributed by atoms with Gasteiger partial charge in [-0.3, -0.25) is 9.59 Å². The summed E-state index contributed by atoms with van der Waals surface area (Å²) in [5, 5.41) is 2.69. The molecule has 166 valence electrons. The lowest BCUT2D eigenvalue weighted by atomic mass is 10.1. The summed E-state index contributed by atoms with van der Waals surface area (Å²) < 4.78 is 16.5. The molecule has 1 unspecified atom stereocenters. The number of hydrogen-bond acceptors (Lipinski definition) is 6. The highest BCUT2D eigenvalue weighted by Crippen LogP contribution is 2.29. The second-order valence-electron chi connectivity index (χ2n) is 7.16. The van der Waals surface area contributed by atoms with Gasteiger partial charge in [-0.15, -0.1) is 0 Å². The summed E-state index contributed by atoms with van der Waals surface area (Å²) in [5.41, 5.74) is 0.239. The third-order valence-corrected chi connectivity index (χ3v) is 4.74. The van der Waals surface area contributed by atoms with Crippen molar-refractivity contribution in [2.24, 2.45) is 0 Å². The first kappa shape index (κ1) is 23.5. The van der Waals surface area contributed by atoms with Crippen molar-refractivity contribution in [2.75, 3.05) is 32.8 Å². The van der Waals surface area contributed by atoms with Crippen LogP contribution in [0.1, 0.15) is 56.8 Å². The second-order valence-corrected chi connectivity index (χ2v) is 7.16. The summed E-state index contributed by atoms with van der Waals surface area (Å²) in [6.45, 7) is 7.60. The molecule has 0 bridgehead atoms. The molecule has 1 aromatic rings. The molecule has 30 heavy (non-hydrogen) atoms. The van der Waals surface area contributed by atoms with Gasteiger partial charge in [0, 0.05) is 19.6 Å².